The van der Waals surface area contributed by atoms with Gasteiger partial charge >= 0.3 is 0 Å². The van der Waals surface area contributed by atoms with Gasteiger partial charge in [-0.15, -0.1) is 0 Å². The van der Waals surface area contributed by atoms with Crippen LogP contribution in [0.4, 0.5) is 0 Å². The lowest BCUT2D eigenvalue weighted by Crippen LogP contribution is -2.42. The Morgan fingerprint density at radius 2 is 2.05 bits per heavy atom. The molecule has 1 amide bonds. The molecule has 5 heteroatoms. The Labute approximate surface area is 111 Å². The van der Waals surface area contributed by atoms with Gasteiger partial charge in [-0.2, -0.15) is 0 Å². The van der Waals surface area contributed by atoms with Gasteiger partial charge in [0.05, 0.1) is 19.7 Å². The summed E-state index contributed by atoms with van der Waals surface area (Å²) in [5, 5.41) is 0. The molecule has 19 heavy (non-hydrogen) atoms. The average molecular weight is 257 g/mol. The Morgan fingerprint density at radius 1 is 1.32 bits per heavy atom. The quantitative estimate of drug-likeness (QED) is 0.805. The molecule has 0 aliphatic carbocycles. The average Bonchev–Trinajstić information content (AvgIpc) is 2.74. The van der Waals surface area contributed by atoms with Crippen molar-refractivity contribution in [1.82, 2.24) is 4.90 Å². The molecule has 2 heterocycles. The number of benzene rings is 1. The number of amides is 1. The predicted molar refractivity (Wildman–Crippen MR) is 72.8 cm³/mol. The van der Waals surface area contributed by atoms with Crippen LogP contribution in [0, 0.1) is 0 Å². The molecule has 5 nitrogen and oxygen atoms in total. The molecule has 1 aromatic rings. The second-order valence-corrected chi connectivity index (χ2v) is 4.64. The number of carbonyl (C=O) groups excluding carboxylic acids is 1. The van der Waals surface area contributed by atoms with Crippen molar-refractivity contribution in [2.24, 2.45) is 9.98 Å². The van der Waals surface area contributed by atoms with E-state index in [1.54, 1.807) is 12.0 Å². The van der Waals surface area contributed by atoms with Crippen LogP contribution in [0.1, 0.15) is 18.5 Å². The Hall–Kier alpha value is -2.17. The molecule has 0 saturated heterocycles. The SMILES string of the molecule is COc1ccc(C2C=NCC3=NC(C)C(=O)N32)cc1. The molecule has 0 fully saturated rings. The first-order valence-electron chi connectivity index (χ1n) is 6.24. The highest BCUT2D eigenvalue weighted by molar-refractivity contribution is 6.10. The Balaban J connectivity index is 1.95. The minimum Gasteiger partial charge on any atom is -0.497 e. The second-order valence-electron chi connectivity index (χ2n) is 4.64. The van der Waals surface area contributed by atoms with E-state index in [2.05, 4.69) is 9.98 Å². The highest BCUT2D eigenvalue weighted by Crippen LogP contribution is 2.28. The molecule has 0 radical (unpaired) electrons. The van der Waals surface area contributed by atoms with Crippen LogP contribution in [-0.4, -0.2) is 42.6 Å². The first-order valence-corrected chi connectivity index (χ1v) is 6.24. The molecular formula is C14H15N3O2. The van der Waals surface area contributed by atoms with Gasteiger partial charge in [-0.3, -0.25) is 19.7 Å². The van der Waals surface area contributed by atoms with Gasteiger partial charge in [0.15, 0.2) is 0 Å². The molecule has 2 aliphatic heterocycles. The van der Waals surface area contributed by atoms with E-state index in [0.29, 0.717) is 6.54 Å². The van der Waals surface area contributed by atoms with Crippen LogP contribution in [0.3, 0.4) is 0 Å². The summed E-state index contributed by atoms with van der Waals surface area (Å²) in [6.45, 7) is 2.31. The van der Waals surface area contributed by atoms with Crippen LogP contribution in [0.2, 0.25) is 0 Å². The van der Waals surface area contributed by atoms with Crippen molar-refractivity contribution in [3.63, 3.8) is 0 Å². The van der Waals surface area contributed by atoms with Crippen molar-refractivity contribution in [2.45, 2.75) is 19.0 Å². The molecule has 0 bridgehead atoms. The number of amidine groups is 1. The number of hydrogen-bond acceptors (Lipinski definition) is 4. The summed E-state index contributed by atoms with van der Waals surface area (Å²) < 4.78 is 5.14. The topological polar surface area (TPSA) is 54.3 Å². The van der Waals surface area contributed by atoms with E-state index in [1.165, 1.54) is 0 Å². The van der Waals surface area contributed by atoms with Crippen LogP contribution in [0.5, 0.6) is 5.75 Å². The number of nitrogens with zero attached hydrogens (tertiary/aromatic N) is 3. The van der Waals surface area contributed by atoms with E-state index in [4.69, 9.17) is 4.74 Å². The molecule has 2 unspecified atom stereocenters. The highest BCUT2D eigenvalue weighted by Gasteiger charge is 2.38. The lowest BCUT2D eigenvalue weighted by molar-refractivity contribution is -0.127. The molecule has 0 aromatic heterocycles. The van der Waals surface area contributed by atoms with Crippen LogP contribution < -0.4 is 4.74 Å². The molecule has 0 spiro atoms. The fraction of sp³-hybridized carbons (Fsp3) is 0.357. The number of fused-ring (bicyclic) bond motifs is 1. The number of methoxy groups -OCH3 is 1. The zero-order valence-corrected chi connectivity index (χ0v) is 10.9. The minimum absolute atomic E-state index is 0.0435. The van der Waals surface area contributed by atoms with Gasteiger partial charge in [0, 0.05) is 6.21 Å². The summed E-state index contributed by atoms with van der Waals surface area (Å²) in [6.07, 6.45) is 1.82. The Morgan fingerprint density at radius 3 is 2.74 bits per heavy atom. The van der Waals surface area contributed by atoms with Crippen molar-refractivity contribution >= 4 is 18.0 Å². The third-order valence-electron chi connectivity index (χ3n) is 3.43. The van der Waals surface area contributed by atoms with E-state index in [0.717, 1.165) is 17.1 Å². The monoisotopic (exact) mass is 257 g/mol. The number of hydrogen-bond donors (Lipinski definition) is 0. The fourth-order valence-corrected chi connectivity index (χ4v) is 2.42. The maximum atomic E-state index is 12.2. The molecule has 1 aromatic carbocycles. The Bertz CT molecular complexity index is 563. The second kappa shape index (κ2) is 4.50. The maximum Gasteiger partial charge on any atom is 0.253 e. The smallest absolute Gasteiger partial charge is 0.253 e. The van der Waals surface area contributed by atoms with Gasteiger partial charge in [0.2, 0.25) is 0 Å². The molecule has 0 N–H and O–H groups in total. The van der Waals surface area contributed by atoms with Gasteiger partial charge in [-0.1, -0.05) is 12.1 Å². The van der Waals surface area contributed by atoms with Gasteiger partial charge in [-0.25, -0.2) is 0 Å². The standard InChI is InChI=1S/C14H15N3O2/c1-9-14(18)17-12(7-15-8-13(17)16-9)10-3-5-11(19-2)6-4-10/h3-7,9,12H,8H2,1-2H3. The highest BCUT2D eigenvalue weighted by atomic mass is 16.5. The summed E-state index contributed by atoms with van der Waals surface area (Å²) >= 11 is 0. The summed E-state index contributed by atoms with van der Waals surface area (Å²) in [4.78, 5) is 22.6. The zero-order chi connectivity index (χ0) is 13.4. The van der Waals surface area contributed by atoms with Crippen molar-refractivity contribution in [2.75, 3.05) is 13.7 Å². The van der Waals surface area contributed by atoms with E-state index < -0.39 is 0 Å². The van der Waals surface area contributed by atoms with Gasteiger partial charge in [-0.05, 0) is 24.6 Å². The first kappa shape index (κ1) is 11.9. The number of rotatable bonds is 2. The van der Waals surface area contributed by atoms with Crippen LogP contribution in [0.25, 0.3) is 0 Å². The van der Waals surface area contributed by atoms with E-state index >= 15 is 0 Å². The third kappa shape index (κ3) is 1.91. The number of aliphatic imine (C=N–C) groups is 2. The van der Waals surface area contributed by atoms with Crippen LogP contribution in [-0.2, 0) is 4.79 Å². The van der Waals surface area contributed by atoms with Crippen LogP contribution >= 0.6 is 0 Å². The third-order valence-corrected chi connectivity index (χ3v) is 3.43. The number of carbonyl (C=O) groups is 1. The first-order chi connectivity index (χ1) is 9.20. The molecule has 3 rings (SSSR count). The van der Waals surface area contributed by atoms with E-state index in [1.807, 2.05) is 37.4 Å². The van der Waals surface area contributed by atoms with Crippen LogP contribution in [0.15, 0.2) is 34.3 Å². The molecule has 2 atom stereocenters. The van der Waals surface area contributed by atoms with Gasteiger partial charge in [0.25, 0.3) is 5.91 Å². The lowest BCUT2D eigenvalue weighted by Gasteiger charge is -2.29. The normalized spacial score (nSPS) is 25.3. The number of ether oxygens (including phenoxy) is 1. The minimum atomic E-state index is -0.294. The van der Waals surface area contributed by atoms with Crippen molar-refractivity contribution in [1.29, 1.82) is 0 Å². The lowest BCUT2D eigenvalue weighted by atomic mass is 10.0. The van der Waals surface area contributed by atoms with Crippen molar-refractivity contribution in [3.05, 3.63) is 29.8 Å². The van der Waals surface area contributed by atoms with Gasteiger partial charge < -0.3 is 4.74 Å². The maximum absolute atomic E-state index is 12.2. The molecule has 0 saturated carbocycles. The van der Waals surface area contributed by atoms with Crippen molar-refractivity contribution in [3.8, 4) is 5.75 Å². The van der Waals surface area contributed by atoms with Crippen molar-refractivity contribution < 1.29 is 9.53 Å². The summed E-state index contributed by atoms with van der Waals surface area (Å²) in [5.41, 5.74) is 1.01. The molecular weight excluding hydrogens is 242 g/mol. The predicted octanol–water partition coefficient (Wildman–Crippen LogP) is 1.45. The summed E-state index contributed by atoms with van der Waals surface area (Å²) in [5.74, 6) is 1.61. The summed E-state index contributed by atoms with van der Waals surface area (Å²) in [6, 6.07) is 7.23. The Kier molecular flexibility index (Phi) is 2.81. The zero-order valence-electron chi connectivity index (χ0n) is 10.9. The largest absolute Gasteiger partial charge is 0.497 e. The molecule has 98 valence electrons. The summed E-state index contributed by atoms with van der Waals surface area (Å²) in [7, 11) is 1.63. The van der Waals surface area contributed by atoms with Gasteiger partial charge in [0.1, 0.15) is 17.6 Å². The van der Waals surface area contributed by atoms with E-state index in [9.17, 15) is 4.79 Å². The van der Waals surface area contributed by atoms with E-state index in [-0.39, 0.29) is 18.0 Å². The fourth-order valence-electron chi connectivity index (χ4n) is 2.42. The molecule has 2 aliphatic rings.